The van der Waals surface area contributed by atoms with Gasteiger partial charge in [-0.3, -0.25) is 9.59 Å². The summed E-state index contributed by atoms with van der Waals surface area (Å²) in [7, 11) is 1.60. The summed E-state index contributed by atoms with van der Waals surface area (Å²) in [6.45, 7) is 5.10. The number of carbonyl (C=O) groups excluding carboxylic acids is 4. The van der Waals surface area contributed by atoms with Gasteiger partial charge in [0.15, 0.2) is 18.2 Å². The highest BCUT2D eigenvalue weighted by molar-refractivity contribution is 5.99. The van der Waals surface area contributed by atoms with Crippen LogP contribution in [0.1, 0.15) is 70.6 Å². The summed E-state index contributed by atoms with van der Waals surface area (Å²) in [6.07, 6.45) is 0.640. The molecule has 6 rings (SSSR count). The predicted octanol–water partition coefficient (Wildman–Crippen LogP) is 9.60. The Morgan fingerprint density at radius 2 is 0.945 bits per heavy atom. The number of carbonyl (C=O) groups is 4. The van der Waals surface area contributed by atoms with E-state index in [9.17, 15) is 19.2 Å². The molecule has 0 aromatic heterocycles. The summed E-state index contributed by atoms with van der Waals surface area (Å²) in [5.74, 6) is 1.99. The molecule has 0 saturated carbocycles. The molecule has 0 fully saturated rings. The number of esters is 2. The van der Waals surface area contributed by atoms with Crippen LogP contribution in [-0.4, -0.2) is 37.2 Å². The van der Waals surface area contributed by atoms with Crippen molar-refractivity contribution in [2.75, 3.05) is 13.7 Å². The minimum Gasteiger partial charge on any atom is -0.497 e. The maximum Gasteiger partial charge on any atom is 0.343 e. The van der Waals surface area contributed by atoms with E-state index in [-0.39, 0.29) is 18.2 Å². The zero-order chi connectivity index (χ0) is 38.9. The minimum absolute atomic E-state index is 0.0715. The van der Waals surface area contributed by atoms with Crippen molar-refractivity contribution in [3.8, 4) is 34.5 Å². The lowest BCUT2D eigenvalue weighted by Gasteiger charge is -2.12. The van der Waals surface area contributed by atoms with Gasteiger partial charge in [0.2, 0.25) is 0 Å². The van der Waals surface area contributed by atoms with Gasteiger partial charge < -0.3 is 23.7 Å². The lowest BCUT2D eigenvalue weighted by Crippen LogP contribution is -2.13. The molecule has 276 valence electrons. The summed E-state index contributed by atoms with van der Waals surface area (Å²) >= 11 is 0. The van der Waals surface area contributed by atoms with E-state index in [0.717, 1.165) is 28.0 Å². The predicted molar refractivity (Wildman–Crippen MR) is 207 cm³/mol. The molecule has 0 spiro atoms. The molecular formula is C46H38O9. The van der Waals surface area contributed by atoms with Gasteiger partial charge in [-0.25, -0.2) is 9.59 Å². The number of ketones is 2. The number of methoxy groups -OCH3 is 1. The molecule has 0 radical (unpaired) electrons. The first-order valence-electron chi connectivity index (χ1n) is 17.5. The third-order valence-electron chi connectivity index (χ3n) is 8.75. The monoisotopic (exact) mass is 734 g/mol. The van der Waals surface area contributed by atoms with E-state index in [4.69, 9.17) is 23.7 Å². The first-order chi connectivity index (χ1) is 26.5. The van der Waals surface area contributed by atoms with Crippen LogP contribution in [0.2, 0.25) is 0 Å². The highest BCUT2D eigenvalue weighted by atomic mass is 16.5. The molecule has 0 atom stereocenters. The Bertz CT molecular complexity index is 2330. The van der Waals surface area contributed by atoms with Crippen LogP contribution in [0.3, 0.4) is 0 Å². The van der Waals surface area contributed by atoms with Gasteiger partial charge in [0, 0.05) is 11.1 Å². The van der Waals surface area contributed by atoms with E-state index in [1.165, 1.54) is 6.92 Å². The normalized spacial score (nSPS) is 10.6. The van der Waals surface area contributed by atoms with E-state index < -0.39 is 11.9 Å². The summed E-state index contributed by atoms with van der Waals surface area (Å²) in [4.78, 5) is 49.9. The van der Waals surface area contributed by atoms with Gasteiger partial charge in [0.25, 0.3) is 0 Å². The van der Waals surface area contributed by atoms with Gasteiger partial charge in [-0.1, -0.05) is 48.5 Å². The highest BCUT2D eigenvalue weighted by Crippen LogP contribution is 2.27. The summed E-state index contributed by atoms with van der Waals surface area (Å²) in [6, 6.07) is 37.9. The van der Waals surface area contributed by atoms with Crippen molar-refractivity contribution < 1.29 is 42.9 Å². The van der Waals surface area contributed by atoms with Crippen LogP contribution in [0.4, 0.5) is 0 Å². The van der Waals surface area contributed by atoms with Crippen LogP contribution < -0.4 is 23.7 Å². The standard InChI is InChI=1S/C46H38O9/c1-29-25-32(27-33-6-24-44(30(2)26-33)55-46(50)37-11-7-34(8-12-37)31(3)47)5-23-43(29)52-28-42(48)35-9-13-36(14-10-35)45(49)54-41-21-19-40(20-22-41)53-39-17-15-38(51-4)16-18-39/h5-26H,27-28H2,1-4H3. The molecule has 6 aromatic carbocycles. The lowest BCUT2D eigenvalue weighted by atomic mass is 10.0. The molecule has 55 heavy (non-hydrogen) atoms. The Balaban J connectivity index is 0.974. The molecule has 9 heteroatoms. The third kappa shape index (κ3) is 9.91. The van der Waals surface area contributed by atoms with Gasteiger partial charge in [0.05, 0.1) is 18.2 Å². The molecule has 0 saturated heterocycles. The second kappa shape index (κ2) is 17.2. The second-order valence-corrected chi connectivity index (χ2v) is 12.8. The van der Waals surface area contributed by atoms with Crippen LogP contribution in [-0.2, 0) is 6.42 Å². The maximum atomic E-state index is 12.9. The van der Waals surface area contributed by atoms with E-state index in [2.05, 4.69) is 0 Å². The molecule has 0 unspecified atom stereocenters. The summed E-state index contributed by atoms with van der Waals surface area (Å²) < 4.78 is 28.0. The zero-order valence-electron chi connectivity index (χ0n) is 30.8. The molecule has 6 aromatic rings. The first kappa shape index (κ1) is 37.7. The van der Waals surface area contributed by atoms with Crippen LogP contribution >= 0.6 is 0 Å². The fourth-order valence-electron chi connectivity index (χ4n) is 5.70. The number of aryl methyl sites for hydroxylation is 2. The summed E-state index contributed by atoms with van der Waals surface area (Å²) in [5, 5.41) is 0. The SMILES string of the molecule is COc1ccc(Oc2ccc(OC(=O)c3ccc(C(=O)COc4ccc(Cc5ccc(OC(=O)c6ccc(C(C)=O)cc6)c(C)c5)cc4C)cc3)cc2)cc1. The number of rotatable bonds is 14. The van der Waals surface area contributed by atoms with E-state index >= 15 is 0 Å². The van der Waals surface area contributed by atoms with Gasteiger partial charge in [-0.2, -0.15) is 0 Å². The van der Waals surface area contributed by atoms with Crippen molar-refractivity contribution in [1.82, 2.24) is 0 Å². The lowest BCUT2D eigenvalue weighted by molar-refractivity contribution is 0.0724. The first-order valence-corrected chi connectivity index (χ1v) is 17.5. The van der Waals surface area contributed by atoms with Crippen LogP contribution in [0, 0.1) is 13.8 Å². The number of ether oxygens (including phenoxy) is 5. The zero-order valence-corrected chi connectivity index (χ0v) is 30.8. The Hall–Kier alpha value is -7.00. The fraction of sp³-hybridized carbons (Fsp3) is 0.130. The Morgan fingerprint density at radius 1 is 0.491 bits per heavy atom. The van der Waals surface area contributed by atoms with Gasteiger partial charge in [-0.15, -0.1) is 0 Å². The van der Waals surface area contributed by atoms with Crippen molar-refractivity contribution in [3.63, 3.8) is 0 Å². The minimum atomic E-state index is -0.557. The molecule has 0 aliphatic heterocycles. The molecule has 9 nitrogen and oxygen atoms in total. The van der Waals surface area contributed by atoms with E-state index in [1.54, 1.807) is 110 Å². The molecule has 0 bridgehead atoms. The maximum absolute atomic E-state index is 12.9. The van der Waals surface area contributed by atoms with Gasteiger partial charge in [0.1, 0.15) is 34.5 Å². The molecule has 0 heterocycles. The van der Waals surface area contributed by atoms with E-state index in [1.807, 2.05) is 44.2 Å². The van der Waals surface area contributed by atoms with Crippen molar-refractivity contribution in [3.05, 3.63) is 178 Å². The Labute approximate surface area is 319 Å². The smallest absolute Gasteiger partial charge is 0.343 e. The number of Topliss-reactive ketones (excluding diaryl/α,β-unsaturated/α-hetero) is 2. The quantitative estimate of drug-likeness (QED) is 0.0613. The second-order valence-electron chi connectivity index (χ2n) is 12.8. The summed E-state index contributed by atoms with van der Waals surface area (Å²) in [5.41, 5.74) is 5.36. The largest absolute Gasteiger partial charge is 0.497 e. The van der Waals surface area contributed by atoms with E-state index in [0.29, 0.717) is 57.4 Å². The van der Waals surface area contributed by atoms with Crippen molar-refractivity contribution >= 4 is 23.5 Å². The van der Waals surface area contributed by atoms with Crippen molar-refractivity contribution in [2.45, 2.75) is 27.2 Å². The topological polar surface area (TPSA) is 114 Å². The molecule has 0 amide bonds. The van der Waals surface area contributed by atoms with Crippen LogP contribution in [0.15, 0.2) is 133 Å². The number of benzene rings is 6. The highest BCUT2D eigenvalue weighted by Gasteiger charge is 2.15. The van der Waals surface area contributed by atoms with Crippen LogP contribution in [0.25, 0.3) is 0 Å². The van der Waals surface area contributed by atoms with Crippen LogP contribution in [0.5, 0.6) is 34.5 Å². The fourth-order valence-corrected chi connectivity index (χ4v) is 5.70. The Kier molecular flexibility index (Phi) is 11.8. The Morgan fingerprint density at radius 3 is 1.45 bits per heavy atom. The van der Waals surface area contributed by atoms with Gasteiger partial charge in [-0.05, 0) is 134 Å². The average molecular weight is 735 g/mol. The molecule has 0 aliphatic carbocycles. The molecule has 0 N–H and O–H groups in total. The number of hydrogen-bond acceptors (Lipinski definition) is 9. The third-order valence-corrected chi connectivity index (χ3v) is 8.75. The average Bonchev–Trinajstić information content (AvgIpc) is 3.19. The molecule has 0 aliphatic rings. The van der Waals surface area contributed by atoms with Crippen molar-refractivity contribution in [1.29, 1.82) is 0 Å². The molecular weight excluding hydrogens is 696 g/mol. The van der Waals surface area contributed by atoms with Gasteiger partial charge >= 0.3 is 11.9 Å². The van der Waals surface area contributed by atoms with Crippen molar-refractivity contribution in [2.24, 2.45) is 0 Å². The number of hydrogen-bond donors (Lipinski definition) is 0.